The van der Waals surface area contributed by atoms with Crippen molar-refractivity contribution in [1.82, 2.24) is 0 Å². The van der Waals surface area contributed by atoms with Gasteiger partial charge in [-0.05, 0) is 96.4 Å². The average Bonchev–Trinajstić information content (AvgIpc) is 2.90. The third kappa shape index (κ3) is 7.66. The molecule has 0 fully saturated rings. The monoisotopic (exact) mass is 484 g/mol. The van der Waals surface area contributed by atoms with Crippen LogP contribution in [-0.4, -0.2) is 24.3 Å². The Hall–Kier alpha value is -3.17. The van der Waals surface area contributed by atoms with E-state index in [1.165, 1.54) is 44.5 Å². The van der Waals surface area contributed by atoms with Crippen molar-refractivity contribution < 1.29 is 14.6 Å². The Balaban J connectivity index is 1.60. The van der Waals surface area contributed by atoms with Gasteiger partial charge in [0, 0.05) is 12.2 Å². The molecule has 3 heteroatoms. The summed E-state index contributed by atoms with van der Waals surface area (Å²) < 4.78 is 5.17. The minimum absolute atomic E-state index is 0.188. The number of ether oxygens (including phenoxy) is 1. The first-order chi connectivity index (χ1) is 17.4. The Morgan fingerprint density at radius 1 is 0.750 bits per heavy atom. The van der Waals surface area contributed by atoms with Gasteiger partial charge in [-0.1, -0.05) is 81.1 Å². The minimum atomic E-state index is -0.314. The summed E-state index contributed by atoms with van der Waals surface area (Å²) >= 11 is 0. The lowest BCUT2D eigenvalue weighted by molar-refractivity contribution is -0.139. The van der Waals surface area contributed by atoms with Crippen LogP contribution in [0.4, 0.5) is 0 Å². The quantitative estimate of drug-likeness (QED) is 0.164. The van der Waals surface area contributed by atoms with Crippen LogP contribution in [0.3, 0.4) is 0 Å². The fraction of sp³-hybridized carbons (Fsp3) is 0.364. The van der Waals surface area contributed by atoms with E-state index in [0.29, 0.717) is 18.6 Å². The van der Waals surface area contributed by atoms with Crippen molar-refractivity contribution in [2.24, 2.45) is 0 Å². The van der Waals surface area contributed by atoms with Crippen LogP contribution in [0.1, 0.15) is 60.6 Å². The van der Waals surface area contributed by atoms with Crippen molar-refractivity contribution in [3.63, 3.8) is 0 Å². The van der Waals surface area contributed by atoms with Gasteiger partial charge in [0.1, 0.15) is 0 Å². The largest absolute Gasteiger partial charge is 0.462 e. The molecule has 0 saturated heterocycles. The number of rotatable bonds is 13. The summed E-state index contributed by atoms with van der Waals surface area (Å²) in [6.45, 7) is 10.3. The smallest absolute Gasteiger partial charge is 0.333 e. The van der Waals surface area contributed by atoms with Crippen molar-refractivity contribution in [1.29, 1.82) is 0 Å². The number of carbonyl (C=O) groups is 1. The molecule has 0 aromatic heterocycles. The molecule has 36 heavy (non-hydrogen) atoms. The van der Waals surface area contributed by atoms with E-state index in [0.717, 1.165) is 38.5 Å². The van der Waals surface area contributed by atoms with Crippen LogP contribution in [0.5, 0.6) is 0 Å². The predicted molar refractivity (Wildman–Crippen MR) is 149 cm³/mol. The van der Waals surface area contributed by atoms with Crippen LogP contribution in [-0.2, 0) is 48.1 Å². The van der Waals surface area contributed by atoms with Gasteiger partial charge in [0.05, 0.1) is 6.61 Å². The maximum absolute atomic E-state index is 11.5. The summed E-state index contributed by atoms with van der Waals surface area (Å²) in [7, 11) is 0. The Morgan fingerprint density at radius 3 is 1.72 bits per heavy atom. The average molecular weight is 485 g/mol. The number of hydrogen-bond acceptors (Lipinski definition) is 3. The number of benzene rings is 3. The first-order valence-electron chi connectivity index (χ1n) is 13.2. The third-order valence-electron chi connectivity index (χ3n) is 6.71. The molecule has 1 N–H and O–H groups in total. The van der Waals surface area contributed by atoms with Gasteiger partial charge in [0.25, 0.3) is 0 Å². The van der Waals surface area contributed by atoms with E-state index in [9.17, 15) is 9.90 Å². The molecule has 3 aromatic carbocycles. The highest BCUT2D eigenvalue weighted by atomic mass is 16.5. The normalized spacial score (nSPS) is 10.9. The molecular formula is C33H40O3. The van der Waals surface area contributed by atoms with Crippen molar-refractivity contribution in [3.05, 3.63) is 106 Å². The van der Waals surface area contributed by atoms with Crippen molar-refractivity contribution in [3.8, 4) is 11.1 Å². The van der Waals surface area contributed by atoms with Crippen molar-refractivity contribution in [2.75, 3.05) is 13.2 Å². The van der Waals surface area contributed by atoms with Crippen molar-refractivity contribution in [2.45, 2.75) is 65.7 Å². The van der Waals surface area contributed by atoms with E-state index in [4.69, 9.17) is 4.74 Å². The molecule has 190 valence electrons. The van der Waals surface area contributed by atoms with E-state index in [-0.39, 0.29) is 12.6 Å². The van der Waals surface area contributed by atoms with Crippen molar-refractivity contribution >= 4 is 5.97 Å². The molecule has 0 heterocycles. The summed E-state index contributed by atoms with van der Waals surface area (Å²) in [4.78, 5) is 11.5. The summed E-state index contributed by atoms with van der Waals surface area (Å²) in [6, 6.07) is 22.4. The zero-order valence-electron chi connectivity index (χ0n) is 22.1. The zero-order valence-corrected chi connectivity index (χ0v) is 22.1. The second-order valence-electron chi connectivity index (χ2n) is 9.50. The van der Waals surface area contributed by atoms with Crippen LogP contribution in [0.2, 0.25) is 0 Å². The van der Waals surface area contributed by atoms with Gasteiger partial charge in [-0.3, -0.25) is 0 Å². The fourth-order valence-electron chi connectivity index (χ4n) is 4.57. The summed E-state index contributed by atoms with van der Waals surface area (Å²) in [5, 5.41) is 9.29. The molecule has 0 aliphatic heterocycles. The summed E-state index contributed by atoms with van der Waals surface area (Å²) in [6.07, 6.45) is 6.42. The lowest BCUT2D eigenvalue weighted by Crippen LogP contribution is -2.06. The molecule has 0 bridgehead atoms. The number of hydrogen-bond donors (Lipinski definition) is 1. The number of carbonyl (C=O) groups excluding carboxylic acids is 1. The third-order valence-corrected chi connectivity index (χ3v) is 6.71. The summed E-state index contributed by atoms with van der Waals surface area (Å²) in [5.74, 6) is -0.314. The highest BCUT2D eigenvalue weighted by Crippen LogP contribution is 2.30. The number of aliphatic hydroxyl groups is 1. The molecular weight excluding hydrogens is 444 g/mol. The molecule has 0 spiro atoms. The molecule has 0 radical (unpaired) electrons. The second kappa shape index (κ2) is 13.8. The Labute approximate surface area is 216 Å². The Kier molecular flexibility index (Phi) is 10.5. The van der Waals surface area contributed by atoms with Gasteiger partial charge < -0.3 is 9.84 Å². The molecule has 3 nitrogen and oxygen atoms in total. The van der Waals surface area contributed by atoms with Gasteiger partial charge >= 0.3 is 5.97 Å². The molecule has 0 aliphatic rings. The molecule has 3 aromatic rings. The topological polar surface area (TPSA) is 46.5 Å². The predicted octanol–water partition coefficient (Wildman–Crippen LogP) is 6.85. The van der Waals surface area contributed by atoms with E-state index in [1.807, 2.05) is 0 Å². The first kappa shape index (κ1) is 27.4. The molecule has 0 atom stereocenters. The van der Waals surface area contributed by atoms with Crippen LogP contribution >= 0.6 is 0 Å². The van der Waals surface area contributed by atoms with Gasteiger partial charge in [-0.15, -0.1) is 0 Å². The number of aliphatic hydroxyl groups excluding tert-OH is 1. The van der Waals surface area contributed by atoms with Gasteiger partial charge in [-0.25, -0.2) is 4.79 Å². The second-order valence-corrected chi connectivity index (χ2v) is 9.50. The maximum atomic E-state index is 11.5. The van der Waals surface area contributed by atoms with Crippen LogP contribution in [0.25, 0.3) is 11.1 Å². The molecule has 3 rings (SSSR count). The molecule has 0 unspecified atom stereocenters. The van der Waals surface area contributed by atoms with E-state index in [1.54, 1.807) is 6.92 Å². The standard InChI is InChI=1S/C33H40O3/c1-5-29-22-27(15-17-31(29)32-18-16-28(19-20-34)23-30(32)6-2)14-13-26-11-9-25(10-12-26)8-7-21-36-33(35)24(3)4/h9-12,15-18,22-23,34H,3,5-8,13-14,19-21H2,1-2,4H3. The fourth-order valence-corrected chi connectivity index (χ4v) is 4.57. The van der Waals surface area contributed by atoms with Gasteiger partial charge in [-0.2, -0.15) is 0 Å². The van der Waals surface area contributed by atoms with E-state index >= 15 is 0 Å². The zero-order chi connectivity index (χ0) is 25.9. The lowest BCUT2D eigenvalue weighted by atomic mass is 9.89. The molecule has 0 saturated carbocycles. The Morgan fingerprint density at radius 2 is 1.22 bits per heavy atom. The van der Waals surface area contributed by atoms with E-state index in [2.05, 4.69) is 81.1 Å². The first-order valence-corrected chi connectivity index (χ1v) is 13.2. The van der Waals surface area contributed by atoms with Crippen LogP contribution < -0.4 is 0 Å². The number of aryl methyl sites for hydroxylation is 5. The minimum Gasteiger partial charge on any atom is -0.462 e. The summed E-state index contributed by atoms with van der Waals surface area (Å²) in [5.41, 5.74) is 11.0. The highest BCUT2D eigenvalue weighted by Gasteiger charge is 2.10. The SMILES string of the molecule is C=C(C)C(=O)OCCCc1ccc(CCc2ccc(-c3ccc(CCO)cc3CC)c(CC)c2)cc1. The molecule has 0 amide bonds. The van der Waals surface area contributed by atoms with Gasteiger partial charge in [0.2, 0.25) is 0 Å². The molecule has 0 aliphatic carbocycles. The van der Waals surface area contributed by atoms with Gasteiger partial charge in [0.15, 0.2) is 0 Å². The van der Waals surface area contributed by atoms with E-state index < -0.39 is 0 Å². The van der Waals surface area contributed by atoms with Crippen LogP contribution in [0, 0.1) is 0 Å². The highest BCUT2D eigenvalue weighted by molar-refractivity contribution is 5.86. The number of esters is 1. The Bertz CT molecular complexity index is 1160. The van der Waals surface area contributed by atoms with Crippen LogP contribution in [0.15, 0.2) is 72.8 Å². The maximum Gasteiger partial charge on any atom is 0.333 e. The lowest BCUT2D eigenvalue weighted by Gasteiger charge is -2.15.